The van der Waals surface area contributed by atoms with Gasteiger partial charge in [0.05, 0.1) is 26.2 Å². The van der Waals surface area contributed by atoms with Gasteiger partial charge in [-0.15, -0.1) is 0 Å². The number of carbonyl (C=O) groups excluding carboxylic acids is 2. The average molecular weight is 603 g/mol. The van der Waals surface area contributed by atoms with Crippen molar-refractivity contribution in [2.24, 2.45) is 5.92 Å². The summed E-state index contributed by atoms with van der Waals surface area (Å²) in [6, 6.07) is 19.8. The van der Waals surface area contributed by atoms with Crippen LogP contribution in [-0.4, -0.2) is 26.1 Å². The molecule has 3 aromatic rings. The van der Waals surface area contributed by atoms with Gasteiger partial charge < -0.3 is 19.1 Å². The maximum absolute atomic E-state index is 13.5. The minimum absolute atomic E-state index is 0.0641. The first-order valence-corrected chi connectivity index (χ1v) is 12.7. The second-order valence-electron chi connectivity index (χ2n) is 8.14. The number of piperidine rings is 1. The van der Waals surface area contributed by atoms with E-state index in [2.05, 4.69) is 31.9 Å². The summed E-state index contributed by atoms with van der Waals surface area (Å²) in [6.07, 6.45) is 0.619. The number of amides is 1. The number of rotatable bonds is 7. The van der Waals surface area contributed by atoms with E-state index in [1.165, 1.54) is 0 Å². The van der Waals surface area contributed by atoms with Crippen LogP contribution in [0.3, 0.4) is 0 Å². The Hall–Kier alpha value is -2.84. The highest BCUT2D eigenvalue weighted by atomic mass is 79.9. The topological polar surface area (TPSA) is 65.1 Å². The molecule has 6 nitrogen and oxygen atoms in total. The van der Waals surface area contributed by atoms with Crippen molar-refractivity contribution in [1.82, 2.24) is 0 Å². The Morgan fingerprint density at radius 3 is 2.43 bits per heavy atom. The molecule has 0 saturated carbocycles. The number of methoxy groups -OCH3 is 2. The minimum Gasteiger partial charge on any atom is -0.497 e. The number of ether oxygens (including phenoxy) is 3. The minimum atomic E-state index is -0.582. The third-order valence-corrected chi connectivity index (χ3v) is 7.32. The molecule has 1 saturated heterocycles. The van der Waals surface area contributed by atoms with Crippen LogP contribution in [-0.2, 0) is 20.9 Å². The Labute approximate surface area is 221 Å². The Morgan fingerprint density at radius 2 is 1.74 bits per heavy atom. The summed E-state index contributed by atoms with van der Waals surface area (Å²) in [5, 5.41) is 0. The van der Waals surface area contributed by atoms with Crippen molar-refractivity contribution < 1.29 is 23.8 Å². The van der Waals surface area contributed by atoms with Gasteiger partial charge in [-0.1, -0.05) is 56.1 Å². The van der Waals surface area contributed by atoms with Gasteiger partial charge in [-0.2, -0.15) is 0 Å². The van der Waals surface area contributed by atoms with Crippen molar-refractivity contribution in [3.63, 3.8) is 0 Å². The summed E-state index contributed by atoms with van der Waals surface area (Å²) < 4.78 is 18.5. The summed E-state index contributed by atoms with van der Waals surface area (Å²) in [4.78, 5) is 28.4. The van der Waals surface area contributed by atoms with Crippen molar-refractivity contribution in [2.45, 2.75) is 25.5 Å². The molecule has 2 unspecified atom stereocenters. The van der Waals surface area contributed by atoms with Crippen LogP contribution in [0.15, 0.2) is 75.7 Å². The molecule has 0 aromatic heterocycles. The summed E-state index contributed by atoms with van der Waals surface area (Å²) in [7, 11) is 3.17. The zero-order valence-electron chi connectivity index (χ0n) is 19.4. The molecule has 0 spiro atoms. The number of anilines is 1. The van der Waals surface area contributed by atoms with Crippen LogP contribution in [0.2, 0.25) is 0 Å². The fourth-order valence-electron chi connectivity index (χ4n) is 4.35. The number of hydrogen-bond acceptors (Lipinski definition) is 5. The van der Waals surface area contributed by atoms with Crippen molar-refractivity contribution >= 4 is 49.4 Å². The summed E-state index contributed by atoms with van der Waals surface area (Å²) in [6.45, 7) is 0.123. The summed E-state index contributed by atoms with van der Waals surface area (Å²) in [5.41, 5.74) is 2.29. The molecular weight excluding hydrogens is 578 g/mol. The van der Waals surface area contributed by atoms with Gasteiger partial charge in [-0.3, -0.25) is 9.59 Å². The molecule has 0 bridgehead atoms. The van der Waals surface area contributed by atoms with E-state index >= 15 is 0 Å². The van der Waals surface area contributed by atoms with Crippen LogP contribution in [0.1, 0.15) is 30.0 Å². The van der Waals surface area contributed by atoms with E-state index in [1.54, 1.807) is 31.3 Å². The molecule has 4 rings (SSSR count). The van der Waals surface area contributed by atoms with Crippen LogP contribution < -0.4 is 14.4 Å². The fraction of sp³-hybridized carbons (Fsp3) is 0.259. The first-order chi connectivity index (χ1) is 16.9. The molecule has 0 radical (unpaired) electrons. The monoisotopic (exact) mass is 601 g/mol. The second-order valence-corrected chi connectivity index (χ2v) is 9.91. The quantitative estimate of drug-likeness (QED) is 0.291. The number of para-hydroxylation sites is 1. The third kappa shape index (κ3) is 5.54. The van der Waals surface area contributed by atoms with E-state index in [0.29, 0.717) is 23.6 Å². The Kier molecular flexibility index (Phi) is 8.13. The van der Waals surface area contributed by atoms with Gasteiger partial charge in [0.1, 0.15) is 18.1 Å². The van der Waals surface area contributed by atoms with E-state index in [0.717, 1.165) is 20.1 Å². The zero-order valence-corrected chi connectivity index (χ0v) is 22.5. The van der Waals surface area contributed by atoms with Gasteiger partial charge in [0, 0.05) is 32.2 Å². The van der Waals surface area contributed by atoms with Crippen molar-refractivity contribution in [3.05, 3.63) is 86.8 Å². The first-order valence-electron chi connectivity index (χ1n) is 11.1. The molecule has 182 valence electrons. The standard InChI is InChI=1S/C27H25Br2NO5/c1-33-20-11-9-19(10-12-20)30-25(31)14-13-22(26(30)21-5-3-4-6-24(21)34-2)27(32)35-16-17-7-8-18(28)15-23(17)29/h3-12,15,22,26H,13-14,16H2,1-2H3. The molecule has 1 aliphatic heterocycles. The maximum Gasteiger partial charge on any atom is 0.311 e. The normalized spacial score (nSPS) is 17.7. The molecule has 35 heavy (non-hydrogen) atoms. The maximum atomic E-state index is 13.5. The number of esters is 1. The lowest BCUT2D eigenvalue weighted by molar-refractivity contribution is -0.152. The van der Waals surface area contributed by atoms with Gasteiger partial charge in [0.25, 0.3) is 0 Å². The van der Waals surface area contributed by atoms with Gasteiger partial charge >= 0.3 is 5.97 Å². The average Bonchev–Trinajstić information content (AvgIpc) is 2.88. The molecule has 0 aliphatic carbocycles. The highest BCUT2D eigenvalue weighted by molar-refractivity contribution is 9.11. The molecule has 0 N–H and O–H groups in total. The lowest BCUT2D eigenvalue weighted by Gasteiger charge is -2.40. The molecule has 1 fully saturated rings. The van der Waals surface area contributed by atoms with E-state index in [-0.39, 0.29) is 24.9 Å². The molecule has 2 atom stereocenters. The highest BCUT2D eigenvalue weighted by Crippen LogP contribution is 2.44. The lowest BCUT2D eigenvalue weighted by atomic mass is 9.83. The molecular formula is C27H25Br2NO5. The van der Waals surface area contributed by atoms with Crippen LogP contribution in [0.4, 0.5) is 5.69 Å². The highest BCUT2D eigenvalue weighted by Gasteiger charge is 2.43. The Balaban J connectivity index is 1.70. The van der Waals surface area contributed by atoms with Crippen LogP contribution in [0.25, 0.3) is 0 Å². The SMILES string of the molecule is COc1ccc(N2C(=O)CCC(C(=O)OCc3ccc(Br)cc3Br)C2c2ccccc2OC)cc1. The Morgan fingerprint density at radius 1 is 1.00 bits per heavy atom. The van der Waals surface area contributed by atoms with Crippen LogP contribution in [0.5, 0.6) is 11.5 Å². The second kappa shape index (κ2) is 11.3. The van der Waals surface area contributed by atoms with E-state index < -0.39 is 12.0 Å². The molecule has 1 amide bonds. The van der Waals surface area contributed by atoms with E-state index in [1.807, 2.05) is 54.6 Å². The predicted octanol–water partition coefficient (Wildman–Crippen LogP) is 6.46. The third-order valence-electron chi connectivity index (χ3n) is 6.09. The van der Waals surface area contributed by atoms with Gasteiger partial charge in [-0.25, -0.2) is 0 Å². The summed E-state index contributed by atoms with van der Waals surface area (Å²) in [5.74, 6) is 0.301. The fourth-order valence-corrected chi connectivity index (χ4v) is 5.51. The van der Waals surface area contributed by atoms with Crippen LogP contribution >= 0.6 is 31.9 Å². The smallest absolute Gasteiger partial charge is 0.311 e. The Bertz CT molecular complexity index is 1210. The predicted molar refractivity (Wildman–Crippen MR) is 141 cm³/mol. The van der Waals surface area contributed by atoms with Crippen LogP contribution in [0, 0.1) is 5.92 Å². The molecule has 8 heteroatoms. The van der Waals surface area contributed by atoms with Gasteiger partial charge in [0.15, 0.2) is 0 Å². The number of hydrogen-bond donors (Lipinski definition) is 0. The lowest BCUT2D eigenvalue weighted by Crippen LogP contribution is -2.46. The van der Waals surface area contributed by atoms with Gasteiger partial charge in [0.2, 0.25) is 5.91 Å². The van der Waals surface area contributed by atoms with E-state index in [9.17, 15) is 9.59 Å². The number of nitrogens with zero attached hydrogens (tertiary/aromatic N) is 1. The molecule has 1 aliphatic rings. The number of benzene rings is 3. The number of carbonyl (C=O) groups is 2. The first kappa shape index (κ1) is 25.3. The van der Waals surface area contributed by atoms with Crippen molar-refractivity contribution in [1.29, 1.82) is 0 Å². The van der Waals surface area contributed by atoms with Crippen molar-refractivity contribution in [3.8, 4) is 11.5 Å². The molecule has 3 aromatic carbocycles. The zero-order chi connectivity index (χ0) is 24.9. The number of halogens is 2. The largest absolute Gasteiger partial charge is 0.497 e. The summed E-state index contributed by atoms with van der Waals surface area (Å²) >= 11 is 6.95. The molecule has 1 heterocycles. The van der Waals surface area contributed by atoms with Crippen molar-refractivity contribution in [2.75, 3.05) is 19.1 Å². The van der Waals surface area contributed by atoms with Gasteiger partial charge in [-0.05, 0) is 48.9 Å². The van der Waals surface area contributed by atoms with E-state index in [4.69, 9.17) is 14.2 Å².